The van der Waals surface area contributed by atoms with Gasteiger partial charge in [0.15, 0.2) is 0 Å². The maximum Gasteiger partial charge on any atom is 0.144 e. The Bertz CT molecular complexity index is 411. The van der Waals surface area contributed by atoms with E-state index in [-0.39, 0.29) is 5.60 Å². The molecule has 1 aromatic carbocycles. The number of para-hydroxylation sites is 1. The Labute approximate surface area is 115 Å². The van der Waals surface area contributed by atoms with E-state index in [1.165, 1.54) is 6.42 Å². The molecule has 1 aromatic rings. The lowest BCUT2D eigenvalue weighted by Gasteiger charge is -2.40. The quantitative estimate of drug-likeness (QED) is 0.743. The number of benzene rings is 1. The van der Waals surface area contributed by atoms with E-state index in [9.17, 15) is 0 Å². The summed E-state index contributed by atoms with van der Waals surface area (Å²) in [7, 11) is 1.78. The molecule has 19 heavy (non-hydrogen) atoms. The van der Waals surface area contributed by atoms with Crippen molar-refractivity contribution in [2.75, 3.05) is 31.3 Å². The molecule has 0 radical (unpaired) electrons. The molecule has 0 spiro atoms. The first-order valence-corrected chi connectivity index (χ1v) is 7.01. The topological polar surface area (TPSA) is 56.5 Å². The predicted molar refractivity (Wildman–Crippen MR) is 78.7 cm³/mol. The van der Waals surface area contributed by atoms with Crippen molar-refractivity contribution in [2.45, 2.75) is 38.2 Å². The monoisotopic (exact) mass is 264 g/mol. The van der Waals surface area contributed by atoms with Gasteiger partial charge in [-0.25, -0.2) is 0 Å². The number of anilines is 2. The molecule has 0 heterocycles. The summed E-state index contributed by atoms with van der Waals surface area (Å²) in [6, 6.07) is 5.85. The van der Waals surface area contributed by atoms with Crippen molar-refractivity contribution in [3.8, 4) is 5.75 Å². The van der Waals surface area contributed by atoms with Crippen LogP contribution in [0.4, 0.5) is 11.4 Å². The number of rotatable bonds is 7. The standard InChI is InChI=1S/C15H24N2O2/c1-3-10-19-13-7-4-6-12(14(13)16)17-11-15(18-2)8-5-9-15/h4,6-7,17H,3,5,8-11,16H2,1-2H3. The van der Waals surface area contributed by atoms with E-state index in [0.717, 1.165) is 37.2 Å². The summed E-state index contributed by atoms with van der Waals surface area (Å²) in [5.41, 5.74) is 7.73. The van der Waals surface area contributed by atoms with Crippen molar-refractivity contribution >= 4 is 11.4 Å². The molecule has 0 aliphatic heterocycles. The molecular formula is C15H24N2O2. The number of ether oxygens (including phenoxy) is 2. The lowest BCUT2D eigenvalue weighted by molar-refractivity contribution is -0.0601. The van der Waals surface area contributed by atoms with Crippen LogP contribution in [0.3, 0.4) is 0 Å². The molecule has 1 aliphatic carbocycles. The molecule has 1 aliphatic rings. The number of nitrogen functional groups attached to an aromatic ring is 1. The zero-order chi connectivity index (χ0) is 13.7. The minimum atomic E-state index is -0.00722. The summed E-state index contributed by atoms with van der Waals surface area (Å²) in [5, 5.41) is 3.39. The van der Waals surface area contributed by atoms with Crippen LogP contribution in [-0.2, 0) is 4.74 Å². The summed E-state index contributed by atoms with van der Waals surface area (Å²) < 4.78 is 11.2. The molecular weight excluding hydrogens is 240 g/mol. The highest BCUT2D eigenvalue weighted by molar-refractivity contribution is 5.73. The zero-order valence-electron chi connectivity index (χ0n) is 11.9. The molecule has 0 amide bonds. The minimum absolute atomic E-state index is 0.00722. The smallest absolute Gasteiger partial charge is 0.144 e. The Morgan fingerprint density at radius 1 is 1.37 bits per heavy atom. The third-order valence-corrected chi connectivity index (χ3v) is 3.83. The summed E-state index contributed by atoms with van der Waals surface area (Å²) in [6.07, 6.45) is 4.44. The molecule has 1 fully saturated rings. The van der Waals surface area contributed by atoms with Gasteiger partial charge in [0.2, 0.25) is 0 Å². The first kappa shape index (κ1) is 14.0. The average molecular weight is 264 g/mol. The van der Waals surface area contributed by atoms with Crippen LogP contribution in [-0.4, -0.2) is 25.9 Å². The van der Waals surface area contributed by atoms with Crippen LogP contribution >= 0.6 is 0 Å². The van der Waals surface area contributed by atoms with E-state index in [4.69, 9.17) is 15.2 Å². The second kappa shape index (κ2) is 6.15. The minimum Gasteiger partial charge on any atom is -0.491 e. The van der Waals surface area contributed by atoms with Crippen molar-refractivity contribution in [1.82, 2.24) is 0 Å². The Morgan fingerprint density at radius 3 is 2.74 bits per heavy atom. The third-order valence-electron chi connectivity index (χ3n) is 3.83. The highest BCUT2D eigenvalue weighted by Gasteiger charge is 2.36. The van der Waals surface area contributed by atoms with Crippen LogP contribution in [0.15, 0.2) is 18.2 Å². The molecule has 2 rings (SSSR count). The predicted octanol–water partition coefficient (Wildman–Crippen LogP) is 3.04. The number of hydrogen-bond donors (Lipinski definition) is 2. The van der Waals surface area contributed by atoms with Gasteiger partial charge in [0, 0.05) is 13.7 Å². The van der Waals surface area contributed by atoms with Crippen LogP contribution in [0.5, 0.6) is 5.75 Å². The first-order chi connectivity index (χ1) is 9.21. The van der Waals surface area contributed by atoms with Gasteiger partial charge >= 0.3 is 0 Å². The number of nitrogens with two attached hydrogens (primary N) is 1. The zero-order valence-corrected chi connectivity index (χ0v) is 11.9. The second-order valence-corrected chi connectivity index (χ2v) is 5.16. The molecule has 0 saturated heterocycles. The molecule has 1 saturated carbocycles. The van der Waals surface area contributed by atoms with Crippen molar-refractivity contribution in [2.24, 2.45) is 0 Å². The van der Waals surface area contributed by atoms with E-state index in [2.05, 4.69) is 12.2 Å². The first-order valence-electron chi connectivity index (χ1n) is 7.01. The van der Waals surface area contributed by atoms with Crippen molar-refractivity contribution in [3.63, 3.8) is 0 Å². The van der Waals surface area contributed by atoms with Gasteiger partial charge < -0.3 is 20.5 Å². The SMILES string of the molecule is CCCOc1cccc(NCC2(OC)CCC2)c1N. The average Bonchev–Trinajstić information content (AvgIpc) is 2.38. The van der Waals surface area contributed by atoms with E-state index in [1.807, 2.05) is 18.2 Å². The van der Waals surface area contributed by atoms with Crippen LogP contribution in [0.2, 0.25) is 0 Å². The van der Waals surface area contributed by atoms with Gasteiger partial charge in [0.1, 0.15) is 5.75 Å². The largest absolute Gasteiger partial charge is 0.491 e. The second-order valence-electron chi connectivity index (χ2n) is 5.16. The van der Waals surface area contributed by atoms with Crippen LogP contribution < -0.4 is 15.8 Å². The normalized spacial score (nSPS) is 16.7. The van der Waals surface area contributed by atoms with Gasteiger partial charge in [-0.3, -0.25) is 0 Å². The van der Waals surface area contributed by atoms with Gasteiger partial charge in [0.05, 0.1) is 23.6 Å². The Balaban J connectivity index is 1.99. The van der Waals surface area contributed by atoms with Crippen molar-refractivity contribution < 1.29 is 9.47 Å². The van der Waals surface area contributed by atoms with Crippen molar-refractivity contribution in [1.29, 1.82) is 0 Å². The van der Waals surface area contributed by atoms with E-state index >= 15 is 0 Å². The van der Waals surface area contributed by atoms with E-state index in [0.29, 0.717) is 12.3 Å². The molecule has 3 N–H and O–H groups in total. The molecule has 0 aromatic heterocycles. The Morgan fingerprint density at radius 2 is 2.16 bits per heavy atom. The highest BCUT2D eigenvalue weighted by atomic mass is 16.5. The number of nitrogens with one attached hydrogen (secondary N) is 1. The van der Waals surface area contributed by atoms with E-state index < -0.39 is 0 Å². The Hall–Kier alpha value is -1.42. The number of hydrogen-bond acceptors (Lipinski definition) is 4. The van der Waals surface area contributed by atoms with Crippen molar-refractivity contribution in [3.05, 3.63) is 18.2 Å². The van der Waals surface area contributed by atoms with Crippen LogP contribution in [0.25, 0.3) is 0 Å². The van der Waals surface area contributed by atoms with Gasteiger partial charge in [0.25, 0.3) is 0 Å². The molecule has 4 nitrogen and oxygen atoms in total. The fraction of sp³-hybridized carbons (Fsp3) is 0.600. The fourth-order valence-electron chi connectivity index (χ4n) is 2.32. The fourth-order valence-corrected chi connectivity index (χ4v) is 2.32. The van der Waals surface area contributed by atoms with Crippen LogP contribution in [0, 0.1) is 0 Å². The molecule has 0 unspecified atom stereocenters. The number of methoxy groups -OCH3 is 1. The third kappa shape index (κ3) is 3.13. The molecule has 106 valence electrons. The van der Waals surface area contributed by atoms with Gasteiger partial charge in [-0.15, -0.1) is 0 Å². The molecule has 4 heteroatoms. The lowest BCUT2D eigenvalue weighted by atomic mass is 9.80. The highest BCUT2D eigenvalue weighted by Crippen LogP contribution is 2.36. The van der Waals surface area contributed by atoms with Gasteiger partial charge in [-0.2, -0.15) is 0 Å². The Kier molecular flexibility index (Phi) is 4.53. The van der Waals surface area contributed by atoms with Crippen LogP contribution in [0.1, 0.15) is 32.6 Å². The molecule has 0 bridgehead atoms. The van der Waals surface area contributed by atoms with Gasteiger partial charge in [-0.1, -0.05) is 13.0 Å². The van der Waals surface area contributed by atoms with Gasteiger partial charge in [-0.05, 0) is 37.8 Å². The maximum absolute atomic E-state index is 6.13. The maximum atomic E-state index is 6.13. The summed E-state index contributed by atoms with van der Waals surface area (Å²) in [4.78, 5) is 0. The summed E-state index contributed by atoms with van der Waals surface area (Å²) in [6.45, 7) is 3.57. The van der Waals surface area contributed by atoms with E-state index in [1.54, 1.807) is 7.11 Å². The summed E-state index contributed by atoms with van der Waals surface area (Å²) in [5.74, 6) is 0.756. The molecule has 0 atom stereocenters. The summed E-state index contributed by atoms with van der Waals surface area (Å²) >= 11 is 0. The lowest BCUT2D eigenvalue weighted by Crippen LogP contribution is -2.45.